The SMILES string of the molecule is C=C[C@H]1[C@H](O[C@@H]2O[C@H](CO)[C@@H](O)C(O)(O)[C@H]2O)OC=C(C(=O)OC2CCCC2)[C@H]1/C=C/C1=C[NH+](CCO)CC(C(=O)O)=C1NC(N)=NC. The third-order valence-corrected chi connectivity index (χ3v) is 8.76. The first-order chi connectivity index (χ1) is 22.9. The Morgan fingerprint density at radius 2 is 1.92 bits per heavy atom. The molecule has 3 aliphatic heterocycles. The lowest BCUT2D eigenvalue weighted by molar-refractivity contribution is -0.843. The molecule has 0 aromatic carbocycles. The molecule has 48 heavy (non-hydrogen) atoms. The van der Waals surface area contributed by atoms with Crippen molar-refractivity contribution < 1.29 is 69.2 Å². The zero-order valence-corrected chi connectivity index (χ0v) is 26.5. The zero-order valence-electron chi connectivity index (χ0n) is 26.5. The zero-order chi connectivity index (χ0) is 35.2. The van der Waals surface area contributed by atoms with Gasteiger partial charge >= 0.3 is 11.9 Å². The highest BCUT2D eigenvalue weighted by Crippen LogP contribution is 2.38. The molecule has 0 amide bonds. The van der Waals surface area contributed by atoms with Crippen molar-refractivity contribution in [3.05, 3.63) is 59.7 Å². The number of carboxylic acid groups (broad SMARTS) is 1. The summed E-state index contributed by atoms with van der Waals surface area (Å²) in [7, 11) is 1.42. The van der Waals surface area contributed by atoms with Crippen molar-refractivity contribution in [1.82, 2.24) is 5.32 Å². The van der Waals surface area contributed by atoms with Crippen LogP contribution in [0.5, 0.6) is 0 Å². The molecule has 4 aliphatic rings. The average molecular weight is 682 g/mol. The Bertz CT molecular complexity index is 1350. The van der Waals surface area contributed by atoms with Crippen molar-refractivity contribution in [1.29, 1.82) is 0 Å². The molecule has 2 fully saturated rings. The van der Waals surface area contributed by atoms with E-state index in [9.17, 15) is 45.3 Å². The van der Waals surface area contributed by atoms with Crippen molar-refractivity contribution >= 4 is 17.9 Å². The van der Waals surface area contributed by atoms with Gasteiger partial charge in [-0.15, -0.1) is 6.58 Å². The van der Waals surface area contributed by atoms with E-state index in [-0.39, 0.29) is 48.6 Å². The van der Waals surface area contributed by atoms with Gasteiger partial charge in [-0.25, -0.2) is 9.59 Å². The number of aliphatic hydroxyl groups excluding tert-OH is 4. The summed E-state index contributed by atoms with van der Waals surface area (Å²) in [4.78, 5) is 30.3. The summed E-state index contributed by atoms with van der Waals surface area (Å²) >= 11 is 0. The van der Waals surface area contributed by atoms with Crippen LogP contribution in [0, 0.1) is 11.8 Å². The molecule has 0 radical (unpaired) electrons. The van der Waals surface area contributed by atoms with E-state index in [2.05, 4.69) is 16.9 Å². The van der Waals surface area contributed by atoms with Gasteiger partial charge in [0.15, 0.2) is 18.4 Å². The molecule has 0 aromatic rings. The molecule has 17 nitrogen and oxygen atoms in total. The minimum atomic E-state index is -3.11. The van der Waals surface area contributed by atoms with Gasteiger partial charge in [0.1, 0.15) is 43.2 Å². The molecule has 1 saturated carbocycles. The number of aliphatic imine (C=N–C) groups is 1. The Morgan fingerprint density at radius 1 is 1.21 bits per heavy atom. The molecule has 1 unspecified atom stereocenters. The number of hydrogen-bond donors (Lipinski definition) is 10. The minimum absolute atomic E-state index is 0.0261. The second-order valence-corrected chi connectivity index (χ2v) is 11.9. The summed E-state index contributed by atoms with van der Waals surface area (Å²) in [6, 6.07) is 0. The van der Waals surface area contributed by atoms with Gasteiger partial charge in [0, 0.05) is 13.0 Å². The number of esters is 1. The van der Waals surface area contributed by atoms with Crippen LogP contribution in [0.1, 0.15) is 25.7 Å². The standard InChI is InChI=1S/C31H44N4O13/c1-3-18-19(9-8-16-12-35(10-11-36)13-20(26(40)41)23(16)34-30(32)33-2)21(27(42)46-17-6-4-5-7-17)15-45-28(18)48-29-25(39)31(43,44)24(38)22(14-37)47-29/h3,8-9,12,15,17-19,22,24-25,28-29,36-39,43-44H,1,4-7,10-11,13-14H2,2H3,(H,40,41)(H3,32,33,34)/p+1/b9-8+/t18-,19+,22-,24-,25+,28+,29+/m1/s1. The highest BCUT2D eigenvalue weighted by atomic mass is 16.8. The number of guanidine groups is 1. The molecule has 3 heterocycles. The third kappa shape index (κ3) is 8.13. The van der Waals surface area contributed by atoms with Crippen LogP contribution in [0.3, 0.4) is 0 Å². The predicted octanol–water partition coefficient (Wildman–Crippen LogP) is -3.53. The smallest absolute Gasteiger partial charge is 0.339 e. The van der Waals surface area contributed by atoms with Gasteiger partial charge in [0.05, 0.1) is 42.2 Å². The van der Waals surface area contributed by atoms with Crippen molar-refractivity contribution in [2.75, 3.05) is 33.4 Å². The number of nitrogens with zero attached hydrogens (tertiary/aromatic N) is 1. The van der Waals surface area contributed by atoms with Crippen LogP contribution in [-0.2, 0) is 28.5 Å². The molecular weight excluding hydrogens is 636 g/mol. The van der Waals surface area contributed by atoms with Crippen LogP contribution in [0.4, 0.5) is 0 Å². The molecular formula is C31H45N4O13+. The summed E-state index contributed by atoms with van der Waals surface area (Å²) in [5.41, 5.74) is 6.44. The van der Waals surface area contributed by atoms with Crippen LogP contribution in [0.25, 0.3) is 0 Å². The minimum Gasteiger partial charge on any atom is -0.478 e. The lowest BCUT2D eigenvalue weighted by atomic mass is 9.83. The van der Waals surface area contributed by atoms with Gasteiger partial charge in [-0.1, -0.05) is 18.2 Å². The number of aliphatic hydroxyl groups is 6. The van der Waals surface area contributed by atoms with Crippen molar-refractivity contribution in [3.63, 3.8) is 0 Å². The van der Waals surface area contributed by atoms with E-state index in [4.69, 9.17) is 24.7 Å². The van der Waals surface area contributed by atoms with Gasteiger partial charge in [-0.3, -0.25) is 4.99 Å². The number of hydrogen-bond acceptors (Lipinski definition) is 13. The number of allylic oxidation sites excluding steroid dienone is 2. The number of nitrogens with two attached hydrogens (primary N) is 1. The first-order valence-corrected chi connectivity index (χ1v) is 15.6. The number of carbonyl (C=O) groups is 2. The molecule has 0 bridgehead atoms. The second kappa shape index (κ2) is 16.2. The van der Waals surface area contributed by atoms with E-state index in [1.165, 1.54) is 13.1 Å². The average Bonchev–Trinajstić information content (AvgIpc) is 3.57. The normalized spacial score (nSPS) is 32.8. The van der Waals surface area contributed by atoms with Crippen LogP contribution >= 0.6 is 0 Å². The van der Waals surface area contributed by atoms with Crippen LogP contribution in [0.2, 0.25) is 0 Å². The van der Waals surface area contributed by atoms with Gasteiger partial charge < -0.3 is 70.6 Å². The van der Waals surface area contributed by atoms with Crippen molar-refractivity contribution in [3.8, 4) is 0 Å². The first-order valence-electron chi connectivity index (χ1n) is 15.6. The van der Waals surface area contributed by atoms with Gasteiger partial charge in [0.25, 0.3) is 0 Å². The Labute approximate surface area is 276 Å². The molecule has 0 aromatic heterocycles. The van der Waals surface area contributed by atoms with Crippen molar-refractivity contribution in [2.45, 2.75) is 68.5 Å². The molecule has 0 spiro atoms. The summed E-state index contributed by atoms with van der Waals surface area (Å²) in [6.07, 6.45) is 1.29. The summed E-state index contributed by atoms with van der Waals surface area (Å²) < 4.78 is 22.7. The molecule has 8 atom stereocenters. The van der Waals surface area contributed by atoms with Crippen LogP contribution < -0.4 is 16.0 Å². The predicted molar refractivity (Wildman–Crippen MR) is 165 cm³/mol. The van der Waals surface area contributed by atoms with Gasteiger partial charge in [-0.05, 0) is 25.7 Å². The number of nitrogens with one attached hydrogen (secondary N) is 2. The Kier molecular flexibility index (Phi) is 12.5. The van der Waals surface area contributed by atoms with E-state index in [1.54, 1.807) is 18.4 Å². The summed E-state index contributed by atoms with van der Waals surface area (Å²) in [6.45, 7) is 3.03. The Balaban J connectivity index is 1.72. The van der Waals surface area contributed by atoms with E-state index in [0.29, 0.717) is 23.3 Å². The lowest BCUT2D eigenvalue weighted by Crippen LogP contribution is -3.09. The van der Waals surface area contributed by atoms with Crippen molar-refractivity contribution in [2.24, 2.45) is 22.6 Å². The number of carboxylic acids is 1. The summed E-state index contributed by atoms with van der Waals surface area (Å²) in [5.74, 6) is -6.89. The first kappa shape index (κ1) is 37.2. The third-order valence-electron chi connectivity index (χ3n) is 8.76. The number of rotatable bonds is 12. The Morgan fingerprint density at radius 3 is 2.52 bits per heavy atom. The number of carbonyl (C=O) groups excluding carboxylic acids is 1. The molecule has 4 rings (SSSR count). The fraction of sp³-hybridized carbons (Fsp3) is 0.581. The second-order valence-electron chi connectivity index (χ2n) is 11.9. The topological polar surface area (TPSA) is 268 Å². The number of quaternary nitrogens is 1. The molecule has 266 valence electrons. The van der Waals surface area contributed by atoms with Gasteiger partial charge in [-0.2, -0.15) is 0 Å². The molecule has 1 saturated heterocycles. The summed E-state index contributed by atoms with van der Waals surface area (Å²) in [5, 5.41) is 73.4. The number of aliphatic carboxylic acids is 1. The molecule has 17 heteroatoms. The largest absolute Gasteiger partial charge is 0.478 e. The van der Waals surface area contributed by atoms with Gasteiger partial charge in [0.2, 0.25) is 12.1 Å². The van der Waals surface area contributed by atoms with E-state index < -0.39 is 67.1 Å². The Hall–Kier alpha value is -3.65. The quantitative estimate of drug-likeness (QED) is 0.0314. The fourth-order valence-corrected chi connectivity index (χ4v) is 6.05. The highest BCUT2D eigenvalue weighted by molar-refractivity contribution is 5.92. The molecule has 1 aliphatic carbocycles. The maximum atomic E-state index is 13.5. The van der Waals surface area contributed by atoms with Crippen LogP contribution in [-0.4, -0.2) is 130 Å². The number of ether oxygens (including phenoxy) is 4. The maximum absolute atomic E-state index is 13.5. The molecule has 11 N–H and O–H groups in total. The van der Waals surface area contributed by atoms with Crippen LogP contribution in [0.15, 0.2) is 64.7 Å². The maximum Gasteiger partial charge on any atom is 0.339 e. The monoisotopic (exact) mass is 681 g/mol. The van der Waals surface area contributed by atoms with E-state index >= 15 is 0 Å². The lowest BCUT2D eigenvalue weighted by Gasteiger charge is -2.46. The highest BCUT2D eigenvalue weighted by Gasteiger charge is 2.56. The van der Waals surface area contributed by atoms with E-state index in [0.717, 1.165) is 19.1 Å². The van der Waals surface area contributed by atoms with E-state index in [1.807, 2.05) is 0 Å². The fourth-order valence-electron chi connectivity index (χ4n) is 6.05.